The zero-order valence-electron chi connectivity index (χ0n) is 21.5. The molecule has 1 unspecified atom stereocenters. The van der Waals surface area contributed by atoms with Gasteiger partial charge in [0.05, 0.1) is 0 Å². The van der Waals surface area contributed by atoms with Gasteiger partial charge < -0.3 is 25.9 Å². The van der Waals surface area contributed by atoms with Crippen molar-refractivity contribution in [2.45, 2.75) is 71.6 Å². The lowest BCUT2D eigenvalue weighted by atomic mass is 9.77. The average Bonchev–Trinajstić information content (AvgIpc) is 3.07. The summed E-state index contributed by atoms with van der Waals surface area (Å²) in [6, 6.07) is 0.240. The number of carbonyl (C=O) groups excluding carboxylic acids is 1. The molecule has 1 fully saturated rings. The Morgan fingerprint density at radius 1 is 1.29 bits per heavy atom. The predicted octanol–water partition coefficient (Wildman–Crippen LogP) is 2.66. The van der Waals surface area contributed by atoms with Crippen LogP contribution in [0.5, 0.6) is 0 Å². The van der Waals surface area contributed by atoms with Gasteiger partial charge in [0.25, 0.3) is 6.43 Å². The standard InChI is InChI=1S/C25H42F2N6O/c1-16(14-21(23(26)27)25(4,5)17(2)28-6)30-24-20-15-32(18(3)34)13-10-22(20)33(31(24)7)19-8-11-29-12-9-19/h14,17,19,23-24,28-30H,1,8-13,15H2,2-7H3/b21-14-/t17-,24?/m1/s1. The zero-order chi connectivity index (χ0) is 25.2. The van der Waals surface area contributed by atoms with Gasteiger partial charge in [0.2, 0.25) is 5.91 Å². The van der Waals surface area contributed by atoms with Gasteiger partial charge in [-0.2, -0.15) is 5.01 Å². The first-order valence-corrected chi connectivity index (χ1v) is 12.3. The first-order valence-electron chi connectivity index (χ1n) is 12.3. The number of hydrogen-bond acceptors (Lipinski definition) is 6. The fourth-order valence-corrected chi connectivity index (χ4v) is 5.35. The largest absolute Gasteiger partial charge is 0.365 e. The van der Waals surface area contributed by atoms with Crippen LogP contribution in [0.4, 0.5) is 8.78 Å². The van der Waals surface area contributed by atoms with Crippen LogP contribution in [0.2, 0.25) is 0 Å². The van der Waals surface area contributed by atoms with E-state index in [9.17, 15) is 13.6 Å². The molecule has 0 saturated carbocycles. The van der Waals surface area contributed by atoms with Crippen LogP contribution in [0, 0.1) is 5.41 Å². The molecule has 0 aromatic rings. The van der Waals surface area contributed by atoms with E-state index in [0.29, 0.717) is 24.8 Å². The van der Waals surface area contributed by atoms with E-state index in [1.165, 1.54) is 11.8 Å². The van der Waals surface area contributed by atoms with Crippen molar-refractivity contribution < 1.29 is 13.6 Å². The van der Waals surface area contributed by atoms with Gasteiger partial charge >= 0.3 is 0 Å². The Morgan fingerprint density at radius 2 is 1.94 bits per heavy atom. The van der Waals surface area contributed by atoms with Gasteiger partial charge in [0.1, 0.15) is 6.17 Å². The lowest BCUT2D eigenvalue weighted by Gasteiger charge is -2.41. The number of halogens is 2. The number of hydrazine groups is 1. The van der Waals surface area contributed by atoms with E-state index in [4.69, 9.17) is 0 Å². The van der Waals surface area contributed by atoms with E-state index in [-0.39, 0.29) is 23.7 Å². The molecule has 192 valence electrons. The van der Waals surface area contributed by atoms with Crippen LogP contribution < -0.4 is 16.0 Å². The van der Waals surface area contributed by atoms with Crippen molar-refractivity contribution in [1.29, 1.82) is 0 Å². The molecule has 3 aliphatic heterocycles. The number of allylic oxidation sites excluding steroid dienone is 1. The fraction of sp³-hybridized carbons (Fsp3) is 0.720. The second-order valence-corrected chi connectivity index (χ2v) is 10.3. The molecule has 3 heterocycles. The third-order valence-electron chi connectivity index (χ3n) is 7.92. The summed E-state index contributed by atoms with van der Waals surface area (Å²) in [5.74, 6) is 0.0507. The number of nitrogens with zero attached hydrogens (tertiary/aromatic N) is 3. The van der Waals surface area contributed by atoms with Gasteiger partial charge in [-0.1, -0.05) is 20.4 Å². The van der Waals surface area contributed by atoms with Crippen molar-refractivity contribution in [3.8, 4) is 0 Å². The molecule has 7 nitrogen and oxygen atoms in total. The third kappa shape index (κ3) is 5.31. The highest BCUT2D eigenvalue weighted by Crippen LogP contribution is 2.38. The van der Waals surface area contributed by atoms with E-state index in [1.54, 1.807) is 14.0 Å². The average molecular weight is 481 g/mol. The van der Waals surface area contributed by atoms with Crippen LogP contribution in [0.15, 0.2) is 35.2 Å². The molecule has 3 N–H and O–H groups in total. The van der Waals surface area contributed by atoms with Crippen molar-refractivity contribution in [3.05, 3.63) is 35.2 Å². The van der Waals surface area contributed by atoms with Crippen molar-refractivity contribution in [2.75, 3.05) is 40.3 Å². The Bertz CT molecular complexity index is 833. The molecule has 0 aromatic heterocycles. The summed E-state index contributed by atoms with van der Waals surface area (Å²) < 4.78 is 28.2. The molecule has 1 amide bonds. The van der Waals surface area contributed by atoms with Gasteiger partial charge in [-0.3, -0.25) is 4.79 Å². The SMILES string of the molecule is C=C(/C=C(/C(F)F)C(C)(C)[C@@H](C)NC)NC1C2=C(CCN(C(C)=O)C2)N(C2CCNCC2)N1C. The van der Waals surface area contributed by atoms with E-state index in [0.717, 1.165) is 37.9 Å². The van der Waals surface area contributed by atoms with Gasteiger partial charge in [0, 0.05) is 73.5 Å². The number of amides is 1. The van der Waals surface area contributed by atoms with E-state index in [2.05, 4.69) is 32.5 Å². The number of likely N-dealkylation sites (N-methyl/N-ethyl adjacent to an activating group) is 1. The molecule has 0 spiro atoms. The highest BCUT2D eigenvalue weighted by atomic mass is 19.3. The van der Waals surface area contributed by atoms with Gasteiger partial charge in [-0.05, 0) is 46.0 Å². The quantitative estimate of drug-likeness (QED) is 0.465. The first kappa shape index (κ1) is 26.6. The maximum Gasteiger partial charge on any atom is 0.260 e. The van der Waals surface area contributed by atoms with Crippen molar-refractivity contribution in [3.63, 3.8) is 0 Å². The van der Waals surface area contributed by atoms with Crippen molar-refractivity contribution in [2.24, 2.45) is 5.41 Å². The molecular weight excluding hydrogens is 438 g/mol. The monoisotopic (exact) mass is 480 g/mol. The molecule has 3 rings (SSSR count). The van der Waals surface area contributed by atoms with Crippen LogP contribution in [0.3, 0.4) is 0 Å². The number of hydrogen-bond donors (Lipinski definition) is 3. The molecule has 0 bridgehead atoms. The Hall–Kier alpha value is -1.97. The van der Waals surface area contributed by atoms with Gasteiger partial charge in [-0.25, -0.2) is 8.78 Å². The summed E-state index contributed by atoms with van der Waals surface area (Å²) in [5.41, 5.74) is 2.11. The Kier molecular flexibility index (Phi) is 8.42. The summed E-state index contributed by atoms with van der Waals surface area (Å²) in [4.78, 5) is 14.0. The molecule has 1 saturated heterocycles. The summed E-state index contributed by atoms with van der Waals surface area (Å²) in [5, 5.41) is 14.5. The highest BCUT2D eigenvalue weighted by Gasteiger charge is 2.43. The third-order valence-corrected chi connectivity index (χ3v) is 7.92. The molecule has 34 heavy (non-hydrogen) atoms. The van der Waals surface area contributed by atoms with Crippen LogP contribution in [0.25, 0.3) is 0 Å². The summed E-state index contributed by atoms with van der Waals surface area (Å²) in [6.45, 7) is 14.4. The van der Waals surface area contributed by atoms with Crippen molar-refractivity contribution in [1.82, 2.24) is 30.9 Å². The Labute approximate surface area is 203 Å². The predicted molar refractivity (Wildman–Crippen MR) is 132 cm³/mol. The number of nitrogens with one attached hydrogen (secondary N) is 3. The number of carbonyl (C=O) groups is 1. The van der Waals surface area contributed by atoms with Crippen LogP contribution in [-0.4, -0.2) is 85.8 Å². The minimum Gasteiger partial charge on any atom is -0.365 e. The zero-order valence-corrected chi connectivity index (χ0v) is 21.5. The van der Waals surface area contributed by atoms with Gasteiger partial charge in [0.15, 0.2) is 0 Å². The molecule has 2 atom stereocenters. The molecule has 3 aliphatic rings. The normalized spacial score (nSPS) is 24.0. The summed E-state index contributed by atoms with van der Waals surface area (Å²) in [6.07, 6.45) is 1.55. The molecule has 0 radical (unpaired) electrons. The lowest BCUT2D eigenvalue weighted by Crippen LogP contribution is -2.52. The number of alkyl halides is 2. The van der Waals surface area contributed by atoms with Crippen LogP contribution >= 0.6 is 0 Å². The minimum atomic E-state index is -2.59. The molecule has 0 aliphatic carbocycles. The lowest BCUT2D eigenvalue weighted by molar-refractivity contribution is -0.128. The second-order valence-electron chi connectivity index (χ2n) is 10.3. The number of rotatable bonds is 8. The molecule has 0 aromatic carbocycles. The fourth-order valence-electron chi connectivity index (χ4n) is 5.35. The minimum absolute atomic E-state index is 0.0471. The molecular formula is C25H42F2N6O. The smallest absolute Gasteiger partial charge is 0.260 e. The Balaban J connectivity index is 1.89. The maximum atomic E-state index is 14.1. The van der Waals surface area contributed by atoms with Crippen LogP contribution in [0.1, 0.15) is 47.0 Å². The number of piperidine rings is 1. The van der Waals surface area contributed by atoms with E-state index in [1.807, 2.05) is 32.7 Å². The molecule has 9 heteroatoms. The summed E-state index contributed by atoms with van der Waals surface area (Å²) >= 11 is 0. The second kappa shape index (κ2) is 10.7. The highest BCUT2D eigenvalue weighted by molar-refractivity contribution is 5.74. The van der Waals surface area contributed by atoms with Crippen molar-refractivity contribution >= 4 is 5.91 Å². The van der Waals surface area contributed by atoms with E-state index < -0.39 is 11.8 Å². The first-order chi connectivity index (χ1) is 16.0. The Morgan fingerprint density at radius 3 is 2.50 bits per heavy atom. The summed E-state index contributed by atoms with van der Waals surface area (Å²) in [7, 11) is 3.82. The maximum absolute atomic E-state index is 14.1. The van der Waals surface area contributed by atoms with Gasteiger partial charge in [-0.15, -0.1) is 0 Å². The van der Waals surface area contributed by atoms with Crippen LogP contribution in [-0.2, 0) is 4.79 Å². The van der Waals surface area contributed by atoms with E-state index >= 15 is 0 Å². The topological polar surface area (TPSA) is 62.9 Å².